The lowest BCUT2D eigenvalue weighted by molar-refractivity contribution is -0.302. The van der Waals surface area contributed by atoms with Gasteiger partial charge in [0.25, 0.3) is 11.7 Å². The number of benzene rings is 3. The van der Waals surface area contributed by atoms with Gasteiger partial charge in [0, 0.05) is 57.5 Å². The lowest BCUT2D eigenvalue weighted by Crippen LogP contribution is -2.64. The number of nitrogens with zero attached hydrogens (tertiary/aromatic N) is 1. The van der Waals surface area contributed by atoms with E-state index in [0.717, 1.165) is 10.5 Å². The molecule has 1 saturated carbocycles. The summed E-state index contributed by atoms with van der Waals surface area (Å²) >= 11 is 0. The number of amides is 1. The van der Waals surface area contributed by atoms with Gasteiger partial charge in [-0.2, -0.15) is 0 Å². The molecule has 2 saturated heterocycles. The van der Waals surface area contributed by atoms with E-state index < -0.39 is 114 Å². The number of cyclic esters (lactones) is 1. The lowest BCUT2D eigenvalue weighted by atomic mass is 9.78. The number of carbonyl (C=O) groups is 7. The van der Waals surface area contributed by atoms with Crippen molar-refractivity contribution in [2.24, 2.45) is 35.5 Å². The van der Waals surface area contributed by atoms with Crippen LogP contribution < -0.4 is 4.74 Å². The molecule has 7 rings (SSSR count). The maximum atomic E-state index is 14.8. The lowest BCUT2D eigenvalue weighted by Gasteiger charge is -2.47. The van der Waals surface area contributed by atoms with Crippen molar-refractivity contribution >= 4 is 53.1 Å². The van der Waals surface area contributed by atoms with Gasteiger partial charge in [-0.05, 0) is 167 Å². The number of phenolic OH excluding ortho intramolecular Hbond substituents is 2. The van der Waals surface area contributed by atoms with E-state index in [1.807, 2.05) is 19.9 Å². The van der Waals surface area contributed by atoms with Gasteiger partial charge in [-0.15, -0.1) is 0 Å². The Balaban J connectivity index is 1.14. The molecule has 15 atom stereocenters. The van der Waals surface area contributed by atoms with Gasteiger partial charge in [-0.25, -0.2) is 4.79 Å². The first kappa shape index (κ1) is 72.3. The van der Waals surface area contributed by atoms with Crippen LogP contribution in [0.25, 0.3) is 12.2 Å². The van der Waals surface area contributed by atoms with Gasteiger partial charge in [0.2, 0.25) is 5.79 Å². The largest absolute Gasteiger partial charge is 0.508 e. The minimum Gasteiger partial charge on any atom is -0.508 e. The molecule has 1 unspecified atom stereocenters. The zero-order valence-corrected chi connectivity index (χ0v) is 54.4. The Hall–Kier alpha value is -7.17. The van der Waals surface area contributed by atoms with E-state index in [1.54, 1.807) is 82.3 Å². The minimum atomic E-state index is -2.62. The predicted molar refractivity (Wildman–Crippen MR) is 342 cm³/mol. The molecule has 0 aromatic heterocycles. The number of Topliss-reactive ketones (excluding diaryl/α,β-unsaturated/α-hetero) is 2. The Morgan fingerprint density at radius 1 is 0.793 bits per heavy atom. The molecule has 2 bridgehead atoms. The third kappa shape index (κ3) is 18.4. The molecular formula is C72H93NO19. The number of aliphatic hydroxyl groups is 4. The fourth-order valence-corrected chi connectivity index (χ4v) is 13.3. The SMILES string of the molecule is COc1cc(/C=C/C(=O)C(C(=O)/C=C/c2ccc(O)c(C)c2)c2ccc(CC(=O)OCC[C@@H]3/C=C(\C)C[C@H](C)C[C@H](OC)[C@H]4O[C@@](O)(C(=O)C(=O)N5CCCC[C@H]5C(=O)O[C@H](/C(C)=C/[C@@H]5CC[C@@H](O)[C@H](CO)C5)[C@H](C)[C@@H](O)CC3=O)[C@H](C)C[C@@H]4OC)cc2)ccc1O. The van der Waals surface area contributed by atoms with Gasteiger partial charge < -0.3 is 64.0 Å². The summed E-state index contributed by atoms with van der Waals surface area (Å²) in [4.78, 5) is 101. The average molecular weight is 1280 g/mol. The first-order valence-electron chi connectivity index (χ1n) is 32.0. The molecule has 0 radical (unpaired) electrons. The van der Waals surface area contributed by atoms with E-state index in [-0.39, 0.29) is 86.2 Å². The molecule has 3 fully saturated rings. The summed E-state index contributed by atoms with van der Waals surface area (Å²) in [5, 5.41) is 65.3. The fraction of sp³-hybridized carbons (Fsp3) is 0.542. The minimum absolute atomic E-state index is 0.00305. The quantitative estimate of drug-likeness (QED) is 0.0230. The Bertz CT molecular complexity index is 3220. The molecular weight excluding hydrogens is 1180 g/mol. The van der Waals surface area contributed by atoms with Crippen molar-refractivity contribution in [2.75, 3.05) is 41.1 Å². The van der Waals surface area contributed by atoms with Crippen LogP contribution in [0.1, 0.15) is 139 Å². The number of piperidine rings is 1. The summed E-state index contributed by atoms with van der Waals surface area (Å²) in [5.41, 5.74) is 3.91. The van der Waals surface area contributed by atoms with E-state index in [2.05, 4.69) is 0 Å². The van der Waals surface area contributed by atoms with Crippen LogP contribution in [0.2, 0.25) is 0 Å². The second kappa shape index (κ2) is 33.1. The summed E-state index contributed by atoms with van der Waals surface area (Å²) in [6.07, 6.45) is 6.39. The van der Waals surface area contributed by atoms with Crippen molar-refractivity contribution in [3.63, 3.8) is 0 Å². The average Bonchev–Trinajstić information content (AvgIpc) is 0.855. The second-order valence-electron chi connectivity index (χ2n) is 25.7. The van der Waals surface area contributed by atoms with Crippen LogP contribution in [0.5, 0.6) is 17.2 Å². The van der Waals surface area contributed by atoms with Gasteiger partial charge in [-0.1, -0.05) is 87.0 Å². The third-order valence-electron chi connectivity index (χ3n) is 18.8. The van der Waals surface area contributed by atoms with Crippen molar-refractivity contribution < 1.29 is 92.6 Å². The summed E-state index contributed by atoms with van der Waals surface area (Å²) < 4.78 is 35.6. The molecule has 0 spiro atoms. The molecule has 1 aliphatic carbocycles. The van der Waals surface area contributed by atoms with E-state index in [0.29, 0.717) is 78.3 Å². The summed E-state index contributed by atoms with van der Waals surface area (Å²) in [6, 6.07) is 14.5. The number of hydrogen-bond donors (Lipinski definition) is 6. The number of methoxy groups -OCH3 is 3. The first-order chi connectivity index (χ1) is 43.8. The Labute approximate surface area is 539 Å². The number of hydrogen-bond acceptors (Lipinski definition) is 19. The van der Waals surface area contributed by atoms with Crippen molar-refractivity contribution in [2.45, 2.75) is 173 Å². The van der Waals surface area contributed by atoms with Crippen LogP contribution >= 0.6 is 0 Å². The highest BCUT2D eigenvalue weighted by Crippen LogP contribution is 2.40. The number of ketones is 4. The maximum Gasteiger partial charge on any atom is 0.329 e. The van der Waals surface area contributed by atoms with E-state index in [1.165, 1.54) is 57.8 Å². The van der Waals surface area contributed by atoms with Gasteiger partial charge in [0.15, 0.2) is 23.1 Å². The molecule has 1 amide bonds. The normalized spacial score (nSPS) is 30.2. The third-order valence-corrected chi connectivity index (χ3v) is 18.8. The second-order valence-corrected chi connectivity index (χ2v) is 25.7. The van der Waals surface area contributed by atoms with Crippen molar-refractivity contribution in [3.05, 3.63) is 124 Å². The molecule has 3 aromatic rings. The number of fused-ring (bicyclic) bond motifs is 3. The topological polar surface area (TPSA) is 299 Å². The number of ether oxygens (including phenoxy) is 6. The van der Waals surface area contributed by atoms with Crippen LogP contribution in [0.15, 0.2) is 96.1 Å². The molecule has 20 heteroatoms. The van der Waals surface area contributed by atoms with Crippen LogP contribution in [0.4, 0.5) is 0 Å². The van der Waals surface area contributed by atoms with Gasteiger partial charge >= 0.3 is 11.9 Å². The number of phenols is 2. The summed E-state index contributed by atoms with van der Waals surface area (Å²) in [5.74, 6) is -12.5. The van der Waals surface area contributed by atoms with Gasteiger partial charge in [0.1, 0.15) is 35.7 Å². The van der Waals surface area contributed by atoms with Crippen LogP contribution in [0, 0.1) is 42.4 Å². The predicted octanol–water partition coefficient (Wildman–Crippen LogP) is 8.21. The molecule has 3 aromatic carbocycles. The summed E-state index contributed by atoms with van der Waals surface area (Å²) in [7, 11) is 4.35. The number of carbonyl (C=O) groups excluding carboxylic acids is 7. The van der Waals surface area contributed by atoms with Crippen molar-refractivity contribution in [1.82, 2.24) is 4.90 Å². The van der Waals surface area contributed by atoms with Gasteiger partial charge in [0.05, 0.1) is 44.6 Å². The van der Waals surface area contributed by atoms with Crippen LogP contribution in [0.3, 0.4) is 0 Å². The highest BCUT2D eigenvalue weighted by Gasteiger charge is 2.57. The van der Waals surface area contributed by atoms with E-state index >= 15 is 0 Å². The van der Waals surface area contributed by atoms with Crippen molar-refractivity contribution in [1.29, 1.82) is 0 Å². The van der Waals surface area contributed by atoms with E-state index in [9.17, 15) is 64.2 Å². The molecule has 3 heterocycles. The van der Waals surface area contributed by atoms with Crippen molar-refractivity contribution in [3.8, 4) is 17.2 Å². The number of esters is 2. The highest BCUT2D eigenvalue weighted by atomic mass is 16.7. The maximum absolute atomic E-state index is 14.8. The number of rotatable bonds is 18. The van der Waals surface area contributed by atoms with Gasteiger partial charge in [-0.3, -0.25) is 28.8 Å². The standard InChI is InChI=1S/C72H93NO19/c1-41-30-42(2)32-63(88-8)68-64(89-9)35-45(5)72(86,92-68)69(83)70(84)73-28-11-10-12-54(73)71(85)91-67(44(4)34-50-19-23-56(76)53(36-50)40-74)46(6)60(80)39-61(81)52(31-41)27-29-90-65(82)38-49-13-20-51(21-14-49)66(58(78)25-17-47-15-22-55(75)43(3)33-47)59(79)26-18-48-16-24-57(77)62(37-48)87-7/h13-18,20-22,24-26,31,33-34,37,42,45-46,50,52-54,56,60,63-64,66-68,74-77,80,86H,10-12,19,23,27-30,32,35-36,38-40H2,1-9H3/b25-17+,26-18+,41-31+,44-34+/t42-,45+,46+,50-,52+,53-,54-,56+,60-,63-,64-,66?,67+,68+,72+/m0/s1. The Morgan fingerprint density at radius 2 is 1.45 bits per heavy atom. The molecule has 3 aliphatic heterocycles. The zero-order chi connectivity index (χ0) is 67.1. The number of aryl methyl sites for hydroxylation is 1. The molecule has 6 N–H and O–H groups in total. The molecule has 4 aliphatic rings. The number of aromatic hydroxyl groups is 2. The number of aliphatic hydroxyl groups excluding tert-OH is 3. The number of allylic oxidation sites excluding steroid dienone is 5. The van der Waals surface area contributed by atoms with E-state index in [4.69, 9.17) is 28.4 Å². The fourth-order valence-electron chi connectivity index (χ4n) is 13.3. The summed E-state index contributed by atoms with van der Waals surface area (Å²) in [6.45, 7) is 10.1. The van der Waals surface area contributed by atoms with Crippen LogP contribution in [-0.4, -0.2) is 166 Å². The zero-order valence-electron chi connectivity index (χ0n) is 54.4. The smallest absolute Gasteiger partial charge is 0.329 e. The molecule has 92 heavy (non-hydrogen) atoms. The Morgan fingerprint density at radius 3 is 2.09 bits per heavy atom. The molecule has 20 nitrogen and oxygen atoms in total. The highest BCUT2D eigenvalue weighted by molar-refractivity contribution is 6.39. The van der Waals surface area contributed by atoms with Crippen LogP contribution in [-0.2, 0) is 63.7 Å². The first-order valence-corrected chi connectivity index (χ1v) is 32.0. The molecule has 500 valence electrons. The Kier molecular flexibility index (Phi) is 26.0. The monoisotopic (exact) mass is 1280 g/mol.